The van der Waals surface area contributed by atoms with E-state index in [9.17, 15) is 0 Å². The van der Waals surface area contributed by atoms with Crippen LogP contribution in [0.5, 0.6) is 5.75 Å². The summed E-state index contributed by atoms with van der Waals surface area (Å²) in [7, 11) is 0. The minimum Gasteiger partial charge on any atom is -0.493 e. The van der Waals surface area contributed by atoms with Crippen LogP contribution in [0.3, 0.4) is 0 Å². The van der Waals surface area contributed by atoms with Gasteiger partial charge in [-0.3, -0.25) is 0 Å². The summed E-state index contributed by atoms with van der Waals surface area (Å²) in [5, 5.41) is 0. The van der Waals surface area contributed by atoms with Crippen molar-refractivity contribution in [1.29, 1.82) is 0 Å². The van der Waals surface area contributed by atoms with Crippen LogP contribution in [-0.4, -0.2) is 19.7 Å². The highest BCUT2D eigenvalue weighted by atomic mass is 16.5. The average molecular weight is 236 g/mol. The maximum atomic E-state index is 5.81. The molecule has 17 heavy (non-hydrogen) atoms. The van der Waals surface area contributed by atoms with Gasteiger partial charge in [0.1, 0.15) is 5.75 Å². The van der Waals surface area contributed by atoms with Gasteiger partial charge in [-0.2, -0.15) is 0 Å². The summed E-state index contributed by atoms with van der Waals surface area (Å²) in [6, 6.07) is 6.39. The molecule has 0 unspecified atom stereocenters. The second kappa shape index (κ2) is 7.30. The summed E-state index contributed by atoms with van der Waals surface area (Å²) >= 11 is 0. The predicted octanol–water partition coefficient (Wildman–Crippen LogP) is 2.04. The molecule has 0 saturated carbocycles. The number of hydrogen-bond acceptors (Lipinski definition) is 3. The SMILES string of the molecule is CC(C)c1ccc(CCN)cc1OCCCN. The number of rotatable bonds is 7. The molecule has 0 aliphatic heterocycles. The van der Waals surface area contributed by atoms with Gasteiger partial charge in [-0.1, -0.05) is 26.0 Å². The average Bonchev–Trinajstić information content (AvgIpc) is 2.30. The molecule has 0 heterocycles. The molecule has 0 amide bonds. The maximum Gasteiger partial charge on any atom is 0.123 e. The topological polar surface area (TPSA) is 61.3 Å². The van der Waals surface area contributed by atoms with Gasteiger partial charge in [0.05, 0.1) is 6.61 Å². The van der Waals surface area contributed by atoms with Crippen molar-refractivity contribution in [1.82, 2.24) is 0 Å². The van der Waals surface area contributed by atoms with E-state index in [4.69, 9.17) is 16.2 Å². The molecule has 3 heteroatoms. The lowest BCUT2D eigenvalue weighted by molar-refractivity contribution is 0.309. The van der Waals surface area contributed by atoms with Gasteiger partial charge in [-0.25, -0.2) is 0 Å². The fourth-order valence-electron chi connectivity index (χ4n) is 1.77. The van der Waals surface area contributed by atoms with Gasteiger partial charge in [0.25, 0.3) is 0 Å². The maximum absolute atomic E-state index is 5.81. The Hall–Kier alpha value is -1.06. The van der Waals surface area contributed by atoms with Crippen LogP contribution < -0.4 is 16.2 Å². The van der Waals surface area contributed by atoms with Gasteiger partial charge in [0.2, 0.25) is 0 Å². The van der Waals surface area contributed by atoms with Gasteiger partial charge < -0.3 is 16.2 Å². The minimum absolute atomic E-state index is 0.467. The zero-order chi connectivity index (χ0) is 12.7. The van der Waals surface area contributed by atoms with E-state index in [1.165, 1.54) is 11.1 Å². The molecule has 1 aromatic rings. The highest BCUT2D eigenvalue weighted by molar-refractivity contribution is 5.39. The second-order valence-corrected chi connectivity index (χ2v) is 4.56. The molecule has 0 radical (unpaired) electrons. The first-order chi connectivity index (χ1) is 8.19. The van der Waals surface area contributed by atoms with E-state index in [1.54, 1.807) is 0 Å². The van der Waals surface area contributed by atoms with Crippen LogP contribution in [0.2, 0.25) is 0 Å². The number of ether oxygens (including phenoxy) is 1. The molecule has 0 atom stereocenters. The van der Waals surface area contributed by atoms with E-state index in [0.717, 1.165) is 18.6 Å². The van der Waals surface area contributed by atoms with Crippen LogP contribution in [0.4, 0.5) is 0 Å². The molecule has 0 saturated heterocycles. The minimum atomic E-state index is 0.467. The largest absolute Gasteiger partial charge is 0.493 e. The molecule has 0 spiro atoms. The van der Waals surface area contributed by atoms with Crippen molar-refractivity contribution in [2.45, 2.75) is 32.6 Å². The molecule has 0 aliphatic carbocycles. The zero-order valence-electron chi connectivity index (χ0n) is 10.9. The molecule has 1 rings (SSSR count). The van der Waals surface area contributed by atoms with Crippen molar-refractivity contribution < 1.29 is 4.74 Å². The summed E-state index contributed by atoms with van der Waals surface area (Å²) in [4.78, 5) is 0. The van der Waals surface area contributed by atoms with Crippen molar-refractivity contribution in [2.75, 3.05) is 19.7 Å². The fraction of sp³-hybridized carbons (Fsp3) is 0.571. The molecular weight excluding hydrogens is 212 g/mol. The monoisotopic (exact) mass is 236 g/mol. The third kappa shape index (κ3) is 4.36. The van der Waals surface area contributed by atoms with Crippen LogP contribution >= 0.6 is 0 Å². The number of benzene rings is 1. The molecule has 4 N–H and O–H groups in total. The van der Waals surface area contributed by atoms with E-state index in [1.807, 2.05) is 0 Å². The highest BCUT2D eigenvalue weighted by Gasteiger charge is 2.08. The lowest BCUT2D eigenvalue weighted by Crippen LogP contribution is -2.08. The Morgan fingerprint density at radius 2 is 1.94 bits per heavy atom. The standard InChI is InChI=1S/C14H24N2O/c1-11(2)13-5-4-12(6-8-16)10-14(13)17-9-3-7-15/h4-5,10-11H,3,6-9,15-16H2,1-2H3. The predicted molar refractivity (Wildman–Crippen MR) is 72.5 cm³/mol. The Balaban J connectivity index is 2.82. The highest BCUT2D eigenvalue weighted by Crippen LogP contribution is 2.27. The lowest BCUT2D eigenvalue weighted by atomic mass is 9.99. The van der Waals surface area contributed by atoms with Gasteiger partial charge in [-0.15, -0.1) is 0 Å². The van der Waals surface area contributed by atoms with Gasteiger partial charge in [-0.05, 0) is 49.0 Å². The van der Waals surface area contributed by atoms with Gasteiger partial charge in [0, 0.05) is 0 Å². The summed E-state index contributed by atoms with van der Waals surface area (Å²) in [5.41, 5.74) is 13.5. The first-order valence-electron chi connectivity index (χ1n) is 6.34. The summed E-state index contributed by atoms with van der Waals surface area (Å²) in [6.07, 6.45) is 1.78. The summed E-state index contributed by atoms with van der Waals surface area (Å²) in [6.45, 7) is 6.37. The Morgan fingerprint density at radius 1 is 1.18 bits per heavy atom. The summed E-state index contributed by atoms with van der Waals surface area (Å²) < 4.78 is 5.81. The van der Waals surface area contributed by atoms with Crippen molar-refractivity contribution in [3.05, 3.63) is 29.3 Å². The summed E-state index contributed by atoms with van der Waals surface area (Å²) in [5.74, 6) is 1.45. The Bertz CT molecular complexity index is 337. The molecule has 0 aliphatic rings. The Morgan fingerprint density at radius 3 is 2.53 bits per heavy atom. The van der Waals surface area contributed by atoms with E-state index < -0.39 is 0 Å². The fourth-order valence-corrected chi connectivity index (χ4v) is 1.77. The van der Waals surface area contributed by atoms with E-state index in [2.05, 4.69) is 32.0 Å². The Kier molecular flexibility index (Phi) is 6.01. The van der Waals surface area contributed by atoms with Crippen molar-refractivity contribution in [2.24, 2.45) is 11.5 Å². The number of hydrogen-bond donors (Lipinski definition) is 2. The van der Waals surface area contributed by atoms with Gasteiger partial charge in [0.15, 0.2) is 0 Å². The van der Waals surface area contributed by atoms with Crippen LogP contribution in [-0.2, 0) is 6.42 Å². The molecule has 0 bridgehead atoms. The van der Waals surface area contributed by atoms with Crippen LogP contribution in [0, 0.1) is 0 Å². The third-order valence-corrected chi connectivity index (χ3v) is 2.74. The number of nitrogens with two attached hydrogens (primary N) is 2. The van der Waals surface area contributed by atoms with E-state index >= 15 is 0 Å². The van der Waals surface area contributed by atoms with E-state index in [0.29, 0.717) is 25.6 Å². The van der Waals surface area contributed by atoms with Crippen molar-refractivity contribution in [3.8, 4) is 5.75 Å². The molecular formula is C14H24N2O. The molecule has 0 aromatic heterocycles. The second-order valence-electron chi connectivity index (χ2n) is 4.56. The third-order valence-electron chi connectivity index (χ3n) is 2.74. The zero-order valence-corrected chi connectivity index (χ0v) is 10.9. The van der Waals surface area contributed by atoms with Crippen molar-refractivity contribution in [3.63, 3.8) is 0 Å². The first-order valence-corrected chi connectivity index (χ1v) is 6.34. The molecule has 96 valence electrons. The normalized spacial score (nSPS) is 10.9. The quantitative estimate of drug-likeness (QED) is 0.712. The molecule has 1 aromatic carbocycles. The Labute approximate surface area is 104 Å². The van der Waals surface area contributed by atoms with Crippen LogP contribution in [0.1, 0.15) is 37.3 Å². The molecule has 3 nitrogen and oxygen atoms in total. The first kappa shape index (κ1) is 14.0. The lowest BCUT2D eigenvalue weighted by Gasteiger charge is -2.15. The van der Waals surface area contributed by atoms with Crippen molar-refractivity contribution >= 4 is 0 Å². The van der Waals surface area contributed by atoms with E-state index in [-0.39, 0.29) is 0 Å². The van der Waals surface area contributed by atoms with Gasteiger partial charge >= 0.3 is 0 Å². The smallest absolute Gasteiger partial charge is 0.123 e. The van der Waals surface area contributed by atoms with Crippen LogP contribution in [0.25, 0.3) is 0 Å². The molecule has 0 fully saturated rings. The van der Waals surface area contributed by atoms with Crippen LogP contribution in [0.15, 0.2) is 18.2 Å².